The first-order valence-electron chi connectivity index (χ1n) is 12.5. The lowest BCUT2D eigenvalue weighted by atomic mass is 10.1. The number of sulfonamides is 1. The molecular weight excluding hydrogens is 515 g/mol. The Labute approximate surface area is 222 Å². The van der Waals surface area contributed by atoms with E-state index < -0.39 is 39.3 Å². The first-order valence-corrected chi connectivity index (χ1v) is 14.3. The number of carbonyl (C=O) groups excluding carboxylic acids is 2. The van der Waals surface area contributed by atoms with Crippen molar-refractivity contribution in [1.82, 2.24) is 10.2 Å². The molecule has 0 spiro atoms. The lowest BCUT2D eigenvalue weighted by Gasteiger charge is -2.33. The number of halogens is 1. The topological polar surface area (TPSA) is 130 Å². The summed E-state index contributed by atoms with van der Waals surface area (Å²) in [6.07, 6.45) is 4.88. The molecule has 2 aromatic carbocycles. The molecule has 1 N–H and O–H groups in total. The largest absolute Gasteiger partial charge is 0.352 e. The number of nitrogens with zero attached hydrogens (tertiary/aromatic N) is 3. The van der Waals surface area contributed by atoms with Crippen molar-refractivity contribution in [2.45, 2.75) is 64.6 Å². The summed E-state index contributed by atoms with van der Waals surface area (Å²) in [6, 6.07) is 8.36. The van der Waals surface area contributed by atoms with Crippen LogP contribution in [0.1, 0.15) is 50.2 Å². The van der Waals surface area contributed by atoms with Gasteiger partial charge in [0.05, 0.1) is 16.9 Å². The van der Waals surface area contributed by atoms with Crippen LogP contribution in [0.5, 0.6) is 0 Å². The van der Waals surface area contributed by atoms with Crippen LogP contribution < -0.4 is 9.62 Å². The third kappa shape index (κ3) is 7.27. The summed E-state index contributed by atoms with van der Waals surface area (Å²) in [5, 5.41) is 14.3. The number of non-ortho nitro benzene ring substituents is 1. The van der Waals surface area contributed by atoms with Gasteiger partial charge in [0, 0.05) is 24.7 Å². The molecule has 0 heterocycles. The molecule has 1 atom stereocenters. The van der Waals surface area contributed by atoms with E-state index in [1.165, 1.54) is 41.3 Å². The molecule has 1 fully saturated rings. The van der Waals surface area contributed by atoms with Crippen LogP contribution in [0.15, 0.2) is 42.5 Å². The molecule has 1 aliphatic rings. The summed E-state index contributed by atoms with van der Waals surface area (Å²) in [4.78, 5) is 39.0. The van der Waals surface area contributed by atoms with E-state index in [1.54, 1.807) is 13.8 Å². The summed E-state index contributed by atoms with van der Waals surface area (Å²) >= 11 is 0. The second-order valence-electron chi connectivity index (χ2n) is 9.56. The first kappa shape index (κ1) is 29.0. The van der Waals surface area contributed by atoms with Gasteiger partial charge < -0.3 is 10.2 Å². The fraction of sp³-hybridized carbons (Fsp3) is 0.462. The smallest absolute Gasteiger partial charge is 0.271 e. The molecule has 2 aromatic rings. The van der Waals surface area contributed by atoms with Gasteiger partial charge in [0.25, 0.3) is 5.69 Å². The van der Waals surface area contributed by atoms with Crippen molar-refractivity contribution >= 4 is 33.2 Å². The molecule has 3 rings (SSSR count). The fourth-order valence-electron chi connectivity index (χ4n) is 4.65. The molecule has 10 nitrogen and oxygen atoms in total. The van der Waals surface area contributed by atoms with E-state index in [9.17, 15) is 32.5 Å². The number of benzene rings is 2. The minimum Gasteiger partial charge on any atom is -0.352 e. The number of hydrogen-bond donors (Lipinski definition) is 1. The van der Waals surface area contributed by atoms with Gasteiger partial charge in [-0.25, -0.2) is 12.8 Å². The third-order valence-corrected chi connectivity index (χ3v) is 7.83. The Kier molecular flexibility index (Phi) is 9.42. The van der Waals surface area contributed by atoms with Crippen molar-refractivity contribution in [3.05, 3.63) is 69.5 Å². The molecule has 1 aliphatic carbocycles. The lowest BCUT2D eigenvalue weighted by Crippen LogP contribution is -2.53. The number of nitrogens with one attached hydrogen (secondary N) is 1. The maximum absolute atomic E-state index is 13.7. The molecule has 1 saturated carbocycles. The van der Waals surface area contributed by atoms with Crippen LogP contribution in [-0.2, 0) is 26.2 Å². The van der Waals surface area contributed by atoms with Gasteiger partial charge in [0.2, 0.25) is 21.8 Å². The zero-order valence-corrected chi connectivity index (χ0v) is 22.5. The van der Waals surface area contributed by atoms with Gasteiger partial charge in [0.1, 0.15) is 18.4 Å². The van der Waals surface area contributed by atoms with Crippen LogP contribution in [0.3, 0.4) is 0 Å². The van der Waals surface area contributed by atoms with Crippen LogP contribution >= 0.6 is 0 Å². The van der Waals surface area contributed by atoms with Crippen LogP contribution in [-0.4, -0.2) is 54.9 Å². The Balaban J connectivity index is 1.97. The SMILES string of the molecule is CC[C@@H](C(=O)NC1CCCC1)N(Cc1ccc(F)cc1)C(=O)CN(c1cc([N+](=O)[O-])ccc1C)S(C)(=O)=O. The monoisotopic (exact) mass is 548 g/mol. The summed E-state index contributed by atoms with van der Waals surface area (Å²) in [6.45, 7) is 2.61. The van der Waals surface area contributed by atoms with Gasteiger partial charge in [-0.2, -0.15) is 0 Å². The molecule has 0 saturated heterocycles. The summed E-state index contributed by atoms with van der Waals surface area (Å²) in [7, 11) is -4.05. The van der Waals surface area contributed by atoms with E-state index in [2.05, 4.69) is 5.32 Å². The van der Waals surface area contributed by atoms with E-state index in [-0.39, 0.29) is 36.3 Å². The number of hydrogen-bond acceptors (Lipinski definition) is 6. The highest BCUT2D eigenvalue weighted by Gasteiger charge is 2.33. The normalized spacial score (nSPS) is 14.6. The fourth-order valence-corrected chi connectivity index (χ4v) is 5.55. The maximum atomic E-state index is 13.7. The van der Waals surface area contributed by atoms with Crippen molar-refractivity contribution in [2.24, 2.45) is 0 Å². The van der Waals surface area contributed by atoms with Gasteiger partial charge in [-0.15, -0.1) is 0 Å². The number of carbonyl (C=O) groups is 2. The standard InChI is InChI=1S/C26H33FN4O6S/c1-4-23(26(33)28-21-7-5-6-8-21)29(16-19-10-12-20(27)13-11-19)25(32)17-30(38(3,36)37)24-15-22(31(34)35)14-9-18(24)2/h9-15,21,23H,4-8,16-17H2,1-3H3,(H,28,33)/t23-/m0/s1. The molecule has 0 unspecified atom stereocenters. The molecular formula is C26H33FN4O6S. The van der Waals surface area contributed by atoms with E-state index in [4.69, 9.17) is 0 Å². The Morgan fingerprint density at radius 2 is 1.79 bits per heavy atom. The summed E-state index contributed by atoms with van der Waals surface area (Å²) in [5.41, 5.74) is 0.659. The van der Waals surface area contributed by atoms with Crippen LogP contribution in [0.25, 0.3) is 0 Å². The molecule has 0 radical (unpaired) electrons. The maximum Gasteiger partial charge on any atom is 0.271 e. The molecule has 38 heavy (non-hydrogen) atoms. The zero-order valence-electron chi connectivity index (χ0n) is 21.7. The Bertz CT molecular complexity index is 1280. The summed E-state index contributed by atoms with van der Waals surface area (Å²) < 4.78 is 39.9. The molecule has 206 valence electrons. The number of aryl methyl sites for hydroxylation is 1. The number of anilines is 1. The van der Waals surface area contributed by atoms with Gasteiger partial charge in [-0.05, 0) is 49.4 Å². The second-order valence-corrected chi connectivity index (χ2v) is 11.5. The number of amides is 2. The highest BCUT2D eigenvalue weighted by atomic mass is 32.2. The highest BCUT2D eigenvalue weighted by Crippen LogP contribution is 2.28. The first-order chi connectivity index (χ1) is 17.9. The van der Waals surface area contributed by atoms with Gasteiger partial charge in [-0.1, -0.05) is 38.0 Å². The van der Waals surface area contributed by atoms with Crippen LogP contribution in [0.2, 0.25) is 0 Å². The molecule has 0 aromatic heterocycles. The molecule has 0 bridgehead atoms. The number of nitro groups is 1. The minimum atomic E-state index is -4.05. The van der Waals surface area contributed by atoms with Gasteiger partial charge in [0.15, 0.2) is 0 Å². The van der Waals surface area contributed by atoms with E-state index in [0.717, 1.165) is 42.3 Å². The highest BCUT2D eigenvalue weighted by molar-refractivity contribution is 7.92. The Morgan fingerprint density at radius 1 is 1.16 bits per heavy atom. The van der Waals surface area contributed by atoms with Crippen molar-refractivity contribution in [3.8, 4) is 0 Å². The van der Waals surface area contributed by atoms with Crippen molar-refractivity contribution in [1.29, 1.82) is 0 Å². The number of rotatable bonds is 11. The van der Waals surface area contributed by atoms with Gasteiger partial charge >= 0.3 is 0 Å². The Morgan fingerprint density at radius 3 is 2.34 bits per heavy atom. The average Bonchev–Trinajstić information content (AvgIpc) is 3.36. The van der Waals surface area contributed by atoms with Crippen molar-refractivity contribution in [3.63, 3.8) is 0 Å². The predicted octanol–water partition coefficient (Wildman–Crippen LogP) is 3.67. The summed E-state index contributed by atoms with van der Waals surface area (Å²) in [5.74, 6) is -1.46. The molecule has 2 amide bonds. The average molecular weight is 549 g/mol. The predicted molar refractivity (Wildman–Crippen MR) is 141 cm³/mol. The number of nitro benzene ring substituents is 1. The van der Waals surface area contributed by atoms with E-state index in [1.807, 2.05) is 0 Å². The van der Waals surface area contributed by atoms with Crippen LogP contribution in [0, 0.1) is 22.9 Å². The minimum absolute atomic E-state index is 0.000220. The Hall–Kier alpha value is -3.54. The van der Waals surface area contributed by atoms with E-state index >= 15 is 0 Å². The lowest BCUT2D eigenvalue weighted by molar-refractivity contribution is -0.384. The van der Waals surface area contributed by atoms with Crippen molar-refractivity contribution < 1.29 is 27.3 Å². The zero-order chi connectivity index (χ0) is 28.0. The van der Waals surface area contributed by atoms with E-state index in [0.29, 0.717) is 11.1 Å². The van der Waals surface area contributed by atoms with Crippen LogP contribution in [0.4, 0.5) is 15.8 Å². The van der Waals surface area contributed by atoms with Gasteiger partial charge in [-0.3, -0.25) is 24.0 Å². The molecule has 0 aliphatic heterocycles. The quantitative estimate of drug-likeness (QED) is 0.337. The second kappa shape index (κ2) is 12.3. The third-order valence-electron chi connectivity index (χ3n) is 6.71. The molecule has 12 heteroatoms. The van der Waals surface area contributed by atoms with Crippen molar-refractivity contribution in [2.75, 3.05) is 17.1 Å².